The topological polar surface area (TPSA) is 67.8 Å². The highest BCUT2D eigenvalue weighted by atomic mass is 16.1. The van der Waals surface area contributed by atoms with E-state index < -0.39 is 0 Å². The molecule has 0 heterocycles. The van der Waals surface area contributed by atoms with Crippen LogP contribution < -0.4 is 5.73 Å². The molecular weight excluding hydrogens is 250 g/mol. The molecule has 2 rings (SSSR count). The molecular formula is C16H17N3O. The predicted octanol–water partition coefficient (Wildman–Crippen LogP) is 4.50. The fraction of sp³-hybridized carbons (Fsp3) is 0.188. The number of carbonyl (C=O) groups excluding carboxylic acids is 1. The van der Waals surface area contributed by atoms with Crippen molar-refractivity contribution in [3.8, 4) is 0 Å². The van der Waals surface area contributed by atoms with Gasteiger partial charge in [-0.3, -0.25) is 4.79 Å². The van der Waals surface area contributed by atoms with Crippen LogP contribution in [0.5, 0.6) is 0 Å². The number of Topliss-reactive ketones (excluding diaryl/α,β-unsaturated/α-hetero) is 1. The van der Waals surface area contributed by atoms with Crippen LogP contribution in [0.4, 0.5) is 17.1 Å². The molecule has 102 valence electrons. The zero-order chi connectivity index (χ0) is 14.7. The maximum Gasteiger partial charge on any atom is 0.159 e. The molecule has 0 fully saturated rings. The van der Waals surface area contributed by atoms with Gasteiger partial charge in [0.2, 0.25) is 0 Å². The van der Waals surface area contributed by atoms with Gasteiger partial charge in [0.15, 0.2) is 5.78 Å². The fourth-order valence-corrected chi connectivity index (χ4v) is 1.81. The normalized spacial score (nSPS) is 10.9. The van der Waals surface area contributed by atoms with Crippen LogP contribution in [0.15, 0.2) is 46.6 Å². The second-order valence-corrected chi connectivity index (χ2v) is 4.80. The summed E-state index contributed by atoms with van der Waals surface area (Å²) in [5.74, 6) is 0.0403. The monoisotopic (exact) mass is 267 g/mol. The number of carbonyl (C=O) groups is 1. The Kier molecular flexibility index (Phi) is 3.94. The minimum Gasteiger partial charge on any atom is -0.399 e. The van der Waals surface area contributed by atoms with Crippen molar-refractivity contribution in [2.45, 2.75) is 20.8 Å². The smallest absolute Gasteiger partial charge is 0.159 e. The molecule has 0 saturated carbocycles. The zero-order valence-electron chi connectivity index (χ0n) is 11.8. The molecule has 0 radical (unpaired) electrons. The first-order chi connectivity index (χ1) is 9.47. The van der Waals surface area contributed by atoms with Gasteiger partial charge in [-0.05, 0) is 68.3 Å². The summed E-state index contributed by atoms with van der Waals surface area (Å²) >= 11 is 0. The van der Waals surface area contributed by atoms with E-state index in [4.69, 9.17) is 5.73 Å². The summed E-state index contributed by atoms with van der Waals surface area (Å²) in [4.78, 5) is 11.2. The highest BCUT2D eigenvalue weighted by Gasteiger charge is 2.02. The maximum absolute atomic E-state index is 11.2. The van der Waals surface area contributed by atoms with E-state index >= 15 is 0 Å². The highest BCUT2D eigenvalue weighted by Crippen LogP contribution is 2.26. The number of hydrogen-bond acceptors (Lipinski definition) is 4. The molecule has 0 amide bonds. The summed E-state index contributed by atoms with van der Waals surface area (Å²) in [6, 6.07) is 10.9. The molecule has 0 spiro atoms. The van der Waals surface area contributed by atoms with E-state index in [-0.39, 0.29) is 5.78 Å². The number of rotatable bonds is 3. The molecule has 20 heavy (non-hydrogen) atoms. The Morgan fingerprint density at radius 1 is 1.00 bits per heavy atom. The van der Waals surface area contributed by atoms with Crippen molar-refractivity contribution < 1.29 is 4.79 Å². The summed E-state index contributed by atoms with van der Waals surface area (Å²) in [6.45, 7) is 5.43. The lowest BCUT2D eigenvalue weighted by Gasteiger charge is -2.04. The number of azo groups is 1. The number of nitrogens with two attached hydrogens (primary N) is 1. The third kappa shape index (κ3) is 3.09. The van der Waals surface area contributed by atoms with Crippen molar-refractivity contribution in [3.63, 3.8) is 0 Å². The number of hydrogen-bond donors (Lipinski definition) is 1. The van der Waals surface area contributed by atoms with E-state index in [9.17, 15) is 4.79 Å². The fourth-order valence-electron chi connectivity index (χ4n) is 1.81. The molecule has 2 aromatic rings. The number of nitrogens with zero attached hydrogens (tertiary/aromatic N) is 2. The van der Waals surface area contributed by atoms with Crippen molar-refractivity contribution >= 4 is 22.8 Å². The molecule has 0 aliphatic rings. The number of nitrogen functional groups attached to an aromatic ring is 1. The van der Waals surface area contributed by atoms with E-state index in [1.54, 1.807) is 24.3 Å². The second-order valence-electron chi connectivity index (χ2n) is 4.80. The lowest BCUT2D eigenvalue weighted by Crippen LogP contribution is -1.90. The largest absolute Gasteiger partial charge is 0.399 e. The van der Waals surface area contributed by atoms with Crippen LogP contribution in [0.3, 0.4) is 0 Å². The molecule has 2 aromatic carbocycles. The van der Waals surface area contributed by atoms with Crippen molar-refractivity contribution in [1.82, 2.24) is 0 Å². The molecule has 0 aliphatic heterocycles. The summed E-state index contributed by atoms with van der Waals surface area (Å²) in [6.07, 6.45) is 0. The molecule has 0 atom stereocenters. The minimum absolute atomic E-state index is 0.0403. The summed E-state index contributed by atoms with van der Waals surface area (Å²) < 4.78 is 0. The molecule has 0 aliphatic carbocycles. The van der Waals surface area contributed by atoms with Crippen LogP contribution >= 0.6 is 0 Å². The van der Waals surface area contributed by atoms with Crippen molar-refractivity contribution in [3.05, 3.63) is 53.1 Å². The van der Waals surface area contributed by atoms with Gasteiger partial charge in [0.05, 0.1) is 11.4 Å². The van der Waals surface area contributed by atoms with Gasteiger partial charge in [0, 0.05) is 11.3 Å². The molecule has 0 aromatic heterocycles. The predicted molar refractivity (Wildman–Crippen MR) is 81.0 cm³/mol. The molecule has 4 heteroatoms. The van der Waals surface area contributed by atoms with Gasteiger partial charge in [-0.2, -0.15) is 10.2 Å². The van der Waals surface area contributed by atoms with Gasteiger partial charge in [-0.25, -0.2) is 0 Å². The molecule has 0 unspecified atom stereocenters. The van der Waals surface area contributed by atoms with Gasteiger partial charge < -0.3 is 5.73 Å². The first kappa shape index (κ1) is 13.9. The van der Waals surface area contributed by atoms with Gasteiger partial charge in [0.1, 0.15) is 0 Å². The molecule has 2 N–H and O–H groups in total. The van der Waals surface area contributed by atoms with Crippen LogP contribution in [-0.2, 0) is 0 Å². The summed E-state index contributed by atoms with van der Waals surface area (Å²) in [7, 11) is 0. The van der Waals surface area contributed by atoms with E-state index in [2.05, 4.69) is 10.2 Å². The first-order valence-electron chi connectivity index (χ1n) is 6.37. The number of benzene rings is 2. The van der Waals surface area contributed by atoms with E-state index in [0.717, 1.165) is 22.5 Å². The lowest BCUT2D eigenvalue weighted by atomic mass is 10.1. The second kappa shape index (κ2) is 5.65. The van der Waals surface area contributed by atoms with E-state index in [1.807, 2.05) is 26.0 Å². The van der Waals surface area contributed by atoms with E-state index in [0.29, 0.717) is 11.3 Å². The van der Waals surface area contributed by atoms with Crippen LogP contribution in [-0.4, -0.2) is 5.78 Å². The van der Waals surface area contributed by atoms with Crippen molar-refractivity contribution in [2.24, 2.45) is 10.2 Å². The average molecular weight is 267 g/mol. The quantitative estimate of drug-likeness (QED) is 0.505. The molecule has 4 nitrogen and oxygen atoms in total. The van der Waals surface area contributed by atoms with Crippen molar-refractivity contribution in [2.75, 3.05) is 5.73 Å². The number of anilines is 1. The Balaban J connectivity index is 2.25. The molecule has 0 saturated heterocycles. The minimum atomic E-state index is 0.0403. The van der Waals surface area contributed by atoms with Crippen molar-refractivity contribution in [1.29, 1.82) is 0 Å². The summed E-state index contributed by atoms with van der Waals surface area (Å²) in [5.41, 5.74) is 10.7. The Morgan fingerprint density at radius 3 is 2.25 bits per heavy atom. The zero-order valence-corrected chi connectivity index (χ0v) is 11.8. The van der Waals surface area contributed by atoms with Crippen LogP contribution in [0.25, 0.3) is 0 Å². The highest BCUT2D eigenvalue weighted by molar-refractivity contribution is 5.94. The van der Waals surface area contributed by atoms with Gasteiger partial charge in [0.25, 0.3) is 0 Å². The van der Waals surface area contributed by atoms with E-state index in [1.165, 1.54) is 6.92 Å². The third-order valence-electron chi connectivity index (χ3n) is 3.13. The van der Waals surface area contributed by atoms with Crippen LogP contribution in [0.2, 0.25) is 0 Å². The lowest BCUT2D eigenvalue weighted by molar-refractivity contribution is 0.101. The Hall–Kier alpha value is -2.49. The number of aryl methyl sites for hydroxylation is 2. The first-order valence-corrected chi connectivity index (χ1v) is 6.37. The third-order valence-corrected chi connectivity index (χ3v) is 3.13. The SMILES string of the molecule is CC(=O)c1ccc(/N=N/c2cc(C)c(N)cc2C)cc1. The van der Waals surface area contributed by atoms with Gasteiger partial charge in [-0.15, -0.1) is 0 Å². The summed E-state index contributed by atoms with van der Waals surface area (Å²) in [5, 5.41) is 8.42. The van der Waals surface area contributed by atoms with Crippen LogP contribution in [0, 0.1) is 13.8 Å². The maximum atomic E-state index is 11.2. The Bertz CT molecular complexity index is 673. The molecule has 0 bridgehead atoms. The standard InChI is InChI=1S/C16H17N3O/c1-10-9-16(11(2)8-15(10)17)19-18-14-6-4-13(5-7-14)12(3)20/h4-9H,17H2,1-3H3/b19-18+. The Labute approximate surface area is 118 Å². The average Bonchev–Trinajstić information content (AvgIpc) is 2.42. The Morgan fingerprint density at radius 2 is 1.65 bits per heavy atom. The number of ketones is 1. The van der Waals surface area contributed by atoms with Gasteiger partial charge in [-0.1, -0.05) is 0 Å². The van der Waals surface area contributed by atoms with Gasteiger partial charge >= 0.3 is 0 Å². The van der Waals surface area contributed by atoms with Crippen LogP contribution in [0.1, 0.15) is 28.4 Å².